The number of nitrogens with zero attached hydrogens (tertiary/aromatic N) is 2. The molecule has 1 saturated heterocycles. The van der Waals surface area contributed by atoms with Crippen LogP contribution >= 0.6 is 0 Å². The van der Waals surface area contributed by atoms with Crippen molar-refractivity contribution in [2.24, 2.45) is 0 Å². The van der Waals surface area contributed by atoms with Gasteiger partial charge in [-0.3, -0.25) is 4.90 Å². The molecule has 0 unspecified atom stereocenters. The minimum Gasteiger partial charge on any atom is -0.496 e. The maximum absolute atomic E-state index is 13.8. The molecule has 0 N–H and O–H groups in total. The van der Waals surface area contributed by atoms with Crippen LogP contribution in [0.3, 0.4) is 0 Å². The summed E-state index contributed by atoms with van der Waals surface area (Å²) in [5.41, 5.74) is 2.65. The summed E-state index contributed by atoms with van der Waals surface area (Å²) in [6.07, 6.45) is 2.58. The molecule has 1 aliphatic heterocycles. The predicted molar refractivity (Wildman–Crippen MR) is 134 cm³/mol. The van der Waals surface area contributed by atoms with Crippen LogP contribution in [0.5, 0.6) is 17.2 Å². The highest BCUT2D eigenvalue weighted by atomic mass is 19.1. The van der Waals surface area contributed by atoms with Crippen LogP contribution in [0.2, 0.25) is 0 Å². The predicted octanol–water partition coefficient (Wildman–Crippen LogP) is 5.69. The van der Waals surface area contributed by atoms with Crippen molar-refractivity contribution in [1.82, 2.24) is 4.90 Å². The second-order valence-electron chi connectivity index (χ2n) is 8.44. The maximum atomic E-state index is 13.8. The van der Waals surface area contributed by atoms with Crippen molar-refractivity contribution < 1.29 is 23.4 Å². The van der Waals surface area contributed by atoms with Crippen molar-refractivity contribution in [2.75, 3.05) is 38.8 Å². The van der Waals surface area contributed by atoms with Gasteiger partial charge >= 0.3 is 6.03 Å². The van der Waals surface area contributed by atoms with Crippen molar-refractivity contribution in [2.45, 2.75) is 25.8 Å². The van der Waals surface area contributed by atoms with Crippen LogP contribution in [0.1, 0.15) is 24.0 Å². The molecule has 2 amide bonds. The Morgan fingerprint density at radius 1 is 0.886 bits per heavy atom. The van der Waals surface area contributed by atoms with Gasteiger partial charge in [0.25, 0.3) is 0 Å². The van der Waals surface area contributed by atoms with E-state index in [1.807, 2.05) is 36.4 Å². The maximum Gasteiger partial charge on any atom is 0.324 e. The Balaban J connectivity index is 1.44. The number of amides is 2. The smallest absolute Gasteiger partial charge is 0.324 e. The van der Waals surface area contributed by atoms with Gasteiger partial charge in [-0.2, -0.15) is 0 Å². The van der Waals surface area contributed by atoms with Crippen molar-refractivity contribution in [3.8, 4) is 17.2 Å². The Morgan fingerprint density at radius 3 is 2.43 bits per heavy atom. The number of carbonyl (C=O) groups excluding carboxylic acids is 1. The largest absolute Gasteiger partial charge is 0.496 e. The Morgan fingerprint density at radius 2 is 1.66 bits per heavy atom. The van der Waals surface area contributed by atoms with Gasteiger partial charge in [0.05, 0.1) is 27.4 Å². The minimum atomic E-state index is -0.355. The Hall–Kier alpha value is -3.74. The fourth-order valence-electron chi connectivity index (χ4n) is 4.29. The van der Waals surface area contributed by atoms with Crippen molar-refractivity contribution >= 4 is 11.7 Å². The first-order chi connectivity index (χ1) is 17.1. The molecule has 4 rings (SSSR count). The van der Waals surface area contributed by atoms with E-state index in [2.05, 4.69) is 12.1 Å². The summed E-state index contributed by atoms with van der Waals surface area (Å²) in [5.74, 6) is 1.44. The lowest BCUT2D eigenvalue weighted by Gasteiger charge is -2.36. The molecular formula is C28H31FN2O4. The van der Waals surface area contributed by atoms with Crippen molar-refractivity contribution in [3.63, 3.8) is 0 Å². The Kier molecular flexibility index (Phi) is 8.08. The van der Waals surface area contributed by atoms with E-state index in [0.29, 0.717) is 42.5 Å². The average Bonchev–Trinajstić information content (AvgIpc) is 2.88. The monoisotopic (exact) mass is 478 g/mol. The molecule has 3 aromatic rings. The van der Waals surface area contributed by atoms with Crippen LogP contribution in [0.25, 0.3) is 0 Å². The molecule has 0 atom stereocenters. The van der Waals surface area contributed by atoms with Gasteiger partial charge in [0.1, 0.15) is 11.6 Å². The highest BCUT2D eigenvalue weighted by Crippen LogP contribution is 2.34. The zero-order valence-corrected chi connectivity index (χ0v) is 20.2. The summed E-state index contributed by atoms with van der Waals surface area (Å²) in [5, 5.41) is 0. The molecule has 0 aliphatic carbocycles. The molecular weight excluding hydrogens is 447 g/mol. The fourth-order valence-corrected chi connectivity index (χ4v) is 4.29. The summed E-state index contributed by atoms with van der Waals surface area (Å²) in [4.78, 5) is 16.8. The molecule has 0 aromatic heterocycles. The van der Waals surface area contributed by atoms with Gasteiger partial charge in [0, 0.05) is 30.4 Å². The third-order valence-corrected chi connectivity index (χ3v) is 6.08. The van der Waals surface area contributed by atoms with E-state index in [-0.39, 0.29) is 18.4 Å². The van der Waals surface area contributed by atoms with Crippen molar-refractivity contribution in [3.05, 3.63) is 83.7 Å². The van der Waals surface area contributed by atoms with E-state index in [1.54, 1.807) is 30.1 Å². The summed E-state index contributed by atoms with van der Waals surface area (Å²) >= 11 is 0. The normalized spacial score (nSPS) is 13.6. The van der Waals surface area contributed by atoms with E-state index in [4.69, 9.17) is 14.2 Å². The second kappa shape index (κ2) is 11.6. The minimum absolute atomic E-state index is 0.136. The van der Waals surface area contributed by atoms with Gasteiger partial charge in [0.15, 0.2) is 11.5 Å². The molecule has 0 bridgehead atoms. The topological polar surface area (TPSA) is 51.2 Å². The highest BCUT2D eigenvalue weighted by molar-refractivity contribution is 5.93. The number of rotatable bonds is 10. The lowest BCUT2D eigenvalue weighted by molar-refractivity contribution is 0.191. The number of ether oxygens (including phenoxy) is 3. The molecule has 3 aromatic carbocycles. The molecule has 35 heavy (non-hydrogen) atoms. The Labute approximate surface area is 205 Å². The summed E-state index contributed by atoms with van der Waals surface area (Å²) in [6.45, 7) is 1.99. The number of hydrogen-bond acceptors (Lipinski definition) is 4. The molecule has 184 valence electrons. The summed E-state index contributed by atoms with van der Waals surface area (Å²) in [6, 6.07) is 20.0. The van der Waals surface area contributed by atoms with Crippen LogP contribution in [-0.2, 0) is 13.0 Å². The summed E-state index contributed by atoms with van der Waals surface area (Å²) in [7, 11) is 3.14. The van der Waals surface area contributed by atoms with Gasteiger partial charge in [-0.15, -0.1) is 0 Å². The number of aryl methyl sites for hydroxylation is 1. The second-order valence-corrected chi connectivity index (χ2v) is 8.44. The van der Waals surface area contributed by atoms with Gasteiger partial charge in [-0.1, -0.05) is 30.3 Å². The van der Waals surface area contributed by atoms with E-state index in [9.17, 15) is 9.18 Å². The standard InChI is InChI=1S/C28H31FN2O4/c1-33-25-13-11-23(29)18-22(25)20-30-15-7-16-31(28(30)32)24-12-14-26(34-2)27(19-24)35-17-6-10-21-8-4-3-5-9-21/h3-5,8-9,11-14,18-19H,6-7,10,15-17,20H2,1-2H3. The first-order valence-electron chi connectivity index (χ1n) is 11.8. The average molecular weight is 479 g/mol. The van der Waals surface area contributed by atoms with Crippen LogP contribution < -0.4 is 19.1 Å². The molecule has 7 heteroatoms. The number of halogens is 1. The lowest BCUT2D eigenvalue weighted by Crippen LogP contribution is -2.49. The van der Waals surface area contributed by atoms with E-state index < -0.39 is 0 Å². The number of carbonyl (C=O) groups is 1. The number of methoxy groups -OCH3 is 2. The van der Waals surface area contributed by atoms with Gasteiger partial charge in [0.2, 0.25) is 0 Å². The van der Waals surface area contributed by atoms with E-state index in [1.165, 1.54) is 17.7 Å². The molecule has 0 radical (unpaired) electrons. The molecule has 6 nitrogen and oxygen atoms in total. The zero-order chi connectivity index (χ0) is 24.6. The molecule has 1 heterocycles. The third kappa shape index (κ3) is 6.04. The third-order valence-electron chi connectivity index (χ3n) is 6.08. The van der Waals surface area contributed by atoms with Gasteiger partial charge in [-0.25, -0.2) is 9.18 Å². The van der Waals surface area contributed by atoms with Crippen LogP contribution in [0, 0.1) is 5.82 Å². The van der Waals surface area contributed by atoms with Gasteiger partial charge in [-0.05, 0) is 55.2 Å². The molecule has 1 fully saturated rings. The number of hydrogen-bond donors (Lipinski definition) is 0. The summed E-state index contributed by atoms with van der Waals surface area (Å²) < 4.78 is 30.7. The van der Waals surface area contributed by atoms with Crippen LogP contribution in [-0.4, -0.2) is 44.8 Å². The molecule has 0 saturated carbocycles. The zero-order valence-electron chi connectivity index (χ0n) is 20.2. The molecule has 0 spiro atoms. The van der Waals surface area contributed by atoms with Crippen LogP contribution in [0.15, 0.2) is 66.7 Å². The number of anilines is 1. The first-order valence-corrected chi connectivity index (χ1v) is 11.8. The van der Waals surface area contributed by atoms with Gasteiger partial charge < -0.3 is 19.1 Å². The van der Waals surface area contributed by atoms with E-state index >= 15 is 0 Å². The Bertz CT molecular complexity index is 1140. The quantitative estimate of drug-likeness (QED) is 0.352. The number of urea groups is 1. The van der Waals surface area contributed by atoms with E-state index in [0.717, 1.165) is 24.9 Å². The first kappa shape index (κ1) is 24.4. The molecule has 1 aliphatic rings. The van der Waals surface area contributed by atoms with Crippen molar-refractivity contribution in [1.29, 1.82) is 0 Å². The highest BCUT2D eigenvalue weighted by Gasteiger charge is 2.28. The fraction of sp³-hybridized carbons (Fsp3) is 0.321. The number of benzene rings is 3. The lowest BCUT2D eigenvalue weighted by atomic mass is 10.1. The SMILES string of the molecule is COc1ccc(F)cc1CN1CCCN(c2ccc(OC)c(OCCCc3ccccc3)c2)C1=O. The van der Waals surface area contributed by atoms with Crippen LogP contribution in [0.4, 0.5) is 14.9 Å².